The molecule has 0 bridgehead atoms. The maximum atomic E-state index is 11.5. The summed E-state index contributed by atoms with van der Waals surface area (Å²) in [6.07, 6.45) is 4.36. The van der Waals surface area contributed by atoms with Crippen molar-refractivity contribution in [1.82, 2.24) is 10.2 Å². The Bertz CT molecular complexity index is 249. The first-order chi connectivity index (χ1) is 9.08. The predicted molar refractivity (Wildman–Crippen MR) is 78.2 cm³/mol. The zero-order valence-corrected chi connectivity index (χ0v) is 12.8. The van der Waals surface area contributed by atoms with Crippen LogP contribution in [0.3, 0.4) is 0 Å². The molecule has 4 nitrogen and oxygen atoms in total. The van der Waals surface area contributed by atoms with Gasteiger partial charge in [0.2, 0.25) is 5.91 Å². The van der Waals surface area contributed by atoms with Crippen molar-refractivity contribution in [3.05, 3.63) is 0 Å². The van der Waals surface area contributed by atoms with Crippen molar-refractivity contribution >= 4 is 5.91 Å². The summed E-state index contributed by atoms with van der Waals surface area (Å²) in [5.41, 5.74) is 0. The normalized spacial score (nSPS) is 17.9. The molecule has 0 aromatic carbocycles. The molecule has 1 heterocycles. The fourth-order valence-electron chi connectivity index (χ4n) is 2.29. The number of rotatable bonds is 8. The van der Waals surface area contributed by atoms with E-state index in [1.165, 1.54) is 25.9 Å². The van der Waals surface area contributed by atoms with Gasteiger partial charge >= 0.3 is 0 Å². The molecule has 1 N–H and O–H groups in total. The number of piperidine rings is 1. The van der Waals surface area contributed by atoms with E-state index in [9.17, 15) is 4.79 Å². The molecule has 1 aliphatic rings. The molecule has 19 heavy (non-hydrogen) atoms. The van der Waals surface area contributed by atoms with Gasteiger partial charge in [0, 0.05) is 13.0 Å². The average Bonchev–Trinajstić information content (AvgIpc) is 2.36. The Kier molecular flexibility index (Phi) is 8.07. The second-order valence-electron chi connectivity index (χ2n) is 5.90. The fraction of sp³-hybridized carbons (Fsp3) is 0.933. The highest BCUT2D eigenvalue weighted by molar-refractivity contribution is 5.75. The molecule has 0 radical (unpaired) electrons. The second kappa shape index (κ2) is 9.32. The third-order valence-corrected chi connectivity index (χ3v) is 3.63. The van der Waals surface area contributed by atoms with Gasteiger partial charge < -0.3 is 15.0 Å². The molecule has 0 saturated carbocycles. The van der Waals surface area contributed by atoms with Crippen LogP contribution >= 0.6 is 0 Å². The number of carbonyl (C=O) groups is 1. The van der Waals surface area contributed by atoms with Gasteiger partial charge in [-0.05, 0) is 58.7 Å². The first-order valence-electron chi connectivity index (χ1n) is 7.68. The van der Waals surface area contributed by atoms with Crippen LogP contribution in [-0.2, 0) is 9.53 Å². The lowest BCUT2D eigenvalue weighted by atomic mass is 9.99. The summed E-state index contributed by atoms with van der Waals surface area (Å²) in [6, 6.07) is 0. The zero-order chi connectivity index (χ0) is 14.1. The Labute approximate surface area is 117 Å². The van der Waals surface area contributed by atoms with Crippen LogP contribution in [0.2, 0.25) is 0 Å². The monoisotopic (exact) mass is 270 g/mol. The van der Waals surface area contributed by atoms with Crippen LogP contribution in [0, 0.1) is 5.92 Å². The zero-order valence-electron chi connectivity index (χ0n) is 12.8. The summed E-state index contributed by atoms with van der Waals surface area (Å²) in [7, 11) is 0. The van der Waals surface area contributed by atoms with E-state index in [1.807, 2.05) is 13.8 Å². The molecule has 4 heteroatoms. The largest absolute Gasteiger partial charge is 0.378 e. The molecule has 112 valence electrons. The topological polar surface area (TPSA) is 41.6 Å². The minimum Gasteiger partial charge on any atom is -0.378 e. The average molecular weight is 270 g/mol. The molecule has 0 unspecified atom stereocenters. The molecule has 0 aromatic rings. The summed E-state index contributed by atoms with van der Waals surface area (Å²) < 4.78 is 5.35. The Balaban J connectivity index is 1.94. The number of hydrogen-bond acceptors (Lipinski definition) is 3. The van der Waals surface area contributed by atoms with Crippen LogP contribution in [0.5, 0.6) is 0 Å². The molecule has 1 saturated heterocycles. The van der Waals surface area contributed by atoms with Gasteiger partial charge in [-0.3, -0.25) is 4.79 Å². The molecule has 0 atom stereocenters. The van der Waals surface area contributed by atoms with Gasteiger partial charge in [0.05, 0.1) is 12.7 Å². The maximum absolute atomic E-state index is 11.5. The molecular formula is C15H30N2O2. The Morgan fingerprint density at radius 1 is 1.37 bits per heavy atom. The van der Waals surface area contributed by atoms with Crippen LogP contribution < -0.4 is 5.32 Å². The van der Waals surface area contributed by atoms with Crippen molar-refractivity contribution in [2.24, 2.45) is 5.92 Å². The van der Waals surface area contributed by atoms with Crippen molar-refractivity contribution < 1.29 is 9.53 Å². The predicted octanol–water partition coefficient (Wildman–Crippen LogP) is 2.04. The fourth-order valence-corrected chi connectivity index (χ4v) is 2.29. The SMILES string of the molecule is CC1CCN(CCCNC(=O)CCOC(C)C)CC1. The van der Waals surface area contributed by atoms with E-state index in [2.05, 4.69) is 17.1 Å². The number of amides is 1. The van der Waals surface area contributed by atoms with Crippen molar-refractivity contribution in [1.29, 1.82) is 0 Å². The smallest absolute Gasteiger partial charge is 0.222 e. The molecule has 1 amide bonds. The van der Waals surface area contributed by atoms with E-state index in [4.69, 9.17) is 4.74 Å². The maximum Gasteiger partial charge on any atom is 0.222 e. The van der Waals surface area contributed by atoms with Crippen molar-refractivity contribution in [3.63, 3.8) is 0 Å². The molecule has 1 rings (SSSR count). The summed E-state index contributed by atoms with van der Waals surface area (Å²) in [4.78, 5) is 14.0. The van der Waals surface area contributed by atoms with E-state index >= 15 is 0 Å². The number of nitrogens with zero attached hydrogens (tertiary/aromatic N) is 1. The lowest BCUT2D eigenvalue weighted by Crippen LogP contribution is -2.35. The van der Waals surface area contributed by atoms with Crippen molar-refractivity contribution in [3.8, 4) is 0 Å². The molecule has 1 aliphatic heterocycles. The minimum atomic E-state index is 0.105. The third-order valence-electron chi connectivity index (χ3n) is 3.63. The number of carbonyl (C=O) groups excluding carboxylic acids is 1. The second-order valence-corrected chi connectivity index (χ2v) is 5.90. The Morgan fingerprint density at radius 2 is 2.05 bits per heavy atom. The Morgan fingerprint density at radius 3 is 2.68 bits per heavy atom. The highest BCUT2D eigenvalue weighted by atomic mass is 16.5. The van der Waals surface area contributed by atoms with Gasteiger partial charge in [0.1, 0.15) is 0 Å². The van der Waals surface area contributed by atoms with E-state index in [0.29, 0.717) is 13.0 Å². The molecule has 0 spiro atoms. The van der Waals surface area contributed by atoms with E-state index in [-0.39, 0.29) is 12.0 Å². The summed E-state index contributed by atoms with van der Waals surface area (Å²) in [5, 5.41) is 2.96. The van der Waals surface area contributed by atoms with E-state index in [1.54, 1.807) is 0 Å². The first kappa shape index (κ1) is 16.4. The van der Waals surface area contributed by atoms with Crippen molar-refractivity contribution in [2.75, 3.05) is 32.8 Å². The highest BCUT2D eigenvalue weighted by Gasteiger charge is 2.14. The molecular weight excluding hydrogens is 240 g/mol. The summed E-state index contributed by atoms with van der Waals surface area (Å²) in [5.74, 6) is 0.991. The third kappa shape index (κ3) is 8.22. The van der Waals surface area contributed by atoms with Gasteiger partial charge in [-0.25, -0.2) is 0 Å². The first-order valence-corrected chi connectivity index (χ1v) is 7.68. The van der Waals surface area contributed by atoms with E-state index < -0.39 is 0 Å². The van der Waals surface area contributed by atoms with Crippen molar-refractivity contribution in [2.45, 2.75) is 52.6 Å². The highest BCUT2D eigenvalue weighted by Crippen LogP contribution is 2.15. The quantitative estimate of drug-likeness (QED) is 0.686. The van der Waals surface area contributed by atoms with Crippen LogP contribution in [0.25, 0.3) is 0 Å². The number of ether oxygens (including phenoxy) is 1. The minimum absolute atomic E-state index is 0.105. The number of nitrogens with one attached hydrogen (secondary N) is 1. The standard InChI is InChI=1S/C15H30N2O2/c1-13(2)19-12-7-15(18)16-8-4-9-17-10-5-14(3)6-11-17/h13-14H,4-12H2,1-3H3,(H,16,18). The van der Waals surface area contributed by atoms with Crippen LogP contribution in [0.15, 0.2) is 0 Å². The van der Waals surface area contributed by atoms with Crippen LogP contribution in [0.4, 0.5) is 0 Å². The summed E-state index contributed by atoms with van der Waals surface area (Å²) in [6.45, 7) is 11.1. The van der Waals surface area contributed by atoms with Crippen LogP contribution in [-0.4, -0.2) is 49.7 Å². The summed E-state index contributed by atoms with van der Waals surface area (Å²) >= 11 is 0. The molecule has 0 aromatic heterocycles. The molecule has 0 aliphatic carbocycles. The lowest BCUT2D eigenvalue weighted by Gasteiger charge is -2.30. The van der Waals surface area contributed by atoms with Gasteiger partial charge in [-0.15, -0.1) is 0 Å². The Hall–Kier alpha value is -0.610. The van der Waals surface area contributed by atoms with Gasteiger partial charge in [-0.1, -0.05) is 6.92 Å². The number of likely N-dealkylation sites (tertiary alicyclic amines) is 1. The van der Waals surface area contributed by atoms with Gasteiger partial charge in [0.15, 0.2) is 0 Å². The van der Waals surface area contributed by atoms with Gasteiger partial charge in [-0.2, -0.15) is 0 Å². The number of hydrogen-bond donors (Lipinski definition) is 1. The van der Waals surface area contributed by atoms with Crippen LogP contribution in [0.1, 0.15) is 46.5 Å². The van der Waals surface area contributed by atoms with E-state index in [0.717, 1.165) is 25.4 Å². The van der Waals surface area contributed by atoms with Gasteiger partial charge in [0.25, 0.3) is 0 Å². The lowest BCUT2D eigenvalue weighted by molar-refractivity contribution is -0.122. The molecule has 1 fully saturated rings.